The minimum absolute atomic E-state index is 0.242. The van der Waals surface area contributed by atoms with E-state index in [-0.39, 0.29) is 17.8 Å². The lowest BCUT2D eigenvalue weighted by molar-refractivity contribution is 0.140. The normalized spacial score (nSPS) is 20.3. The third-order valence-electron chi connectivity index (χ3n) is 5.00. The lowest BCUT2D eigenvalue weighted by Crippen LogP contribution is -2.51. The second kappa shape index (κ2) is 7.17. The number of hydrogen-bond acceptors (Lipinski definition) is 6. The Kier molecular flexibility index (Phi) is 4.74. The molecule has 2 aromatic rings. The first-order valence-electron chi connectivity index (χ1n) is 8.97. The summed E-state index contributed by atoms with van der Waals surface area (Å²) in [5, 5.41) is 12.9. The van der Waals surface area contributed by atoms with E-state index in [9.17, 15) is 9.50 Å². The molecule has 7 heteroatoms. The molecule has 2 fully saturated rings. The van der Waals surface area contributed by atoms with Crippen LogP contribution < -0.4 is 10.2 Å². The first-order chi connectivity index (χ1) is 12.6. The maximum atomic E-state index is 13.5. The van der Waals surface area contributed by atoms with Crippen LogP contribution in [0.1, 0.15) is 29.2 Å². The van der Waals surface area contributed by atoms with Crippen LogP contribution in [0, 0.1) is 12.7 Å². The summed E-state index contributed by atoms with van der Waals surface area (Å²) in [5.41, 5.74) is 2.88. The third kappa shape index (κ3) is 3.64. The molecule has 1 atom stereocenters. The molecular formula is C19H23FN4O2. The topological polar surface area (TPSA) is 70.5 Å². The van der Waals surface area contributed by atoms with E-state index < -0.39 is 0 Å². The molecule has 1 aromatic carbocycles. The van der Waals surface area contributed by atoms with Crippen molar-refractivity contribution >= 4 is 11.8 Å². The van der Waals surface area contributed by atoms with Gasteiger partial charge >= 0.3 is 0 Å². The Morgan fingerprint density at radius 2 is 2.15 bits per heavy atom. The Labute approximate surface area is 152 Å². The summed E-state index contributed by atoms with van der Waals surface area (Å²) in [6.07, 6.45) is 0.630. The molecule has 2 aliphatic heterocycles. The van der Waals surface area contributed by atoms with Gasteiger partial charge < -0.3 is 20.1 Å². The van der Waals surface area contributed by atoms with E-state index in [4.69, 9.17) is 4.74 Å². The predicted octanol–water partition coefficient (Wildman–Crippen LogP) is 2.22. The van der Waals surface area contributed by atoms with Crippen LogP contribution in [0.25, 0.3) is 0 Å². The van der Waals surface area contributed by atoms with Gasteiger partial charge in [-0.15, -0.1) is 0 Å². The lowest BCUT2D eigenvalue weighted by Gasteiger charge is -2.36. The highest BCUT2D eigenvalue weighted by Crippen LogP contribution is 2.28. The highest BCUT2D eigenvalue weighted by molar-refractivity contribution is 5.47. The third-order valence-corrected chi connectivity index (χ3v) is 5.00. The Morgan fingerprint density at radius 1 is 1.31 bits per heavy atom. The first kappa shape index (κ1) is 17.2. The maximum absolute atomic E-state index is 13.5. The van der Waals surface area contributed by atoms with Gasteiger partial charge in [0, 0.05) is 38.2 Å². The first-order valence-corrected chi connectivity index (χ1v) is 8.97. The van der Waals surface area contributed by atoms with Gasteiger partial charge in [0.15, 0.2) is 0 Å². The number of rotatable bonds is 5. The maximum Gasteiger partial charge on any atom is 0.227 e. The van der Waals surface area contributed by atoms with Gasteiger partial charge in [0.2, 0.25) is 5.95 Å². The minimum Gasteiger partial charge on any atom is -0.389 e. The van der Waals surface area contributed by atoms with Gasteiger partial charge in [0.25, 0.3) is 0 Å². The molecule has 0 radical (unpaired) electrons. The van der Waals surface area contributed by atoms with Crippen molar-refractivity contribution in [3.05, 3.63) is 46.9 Å². The summed E-state index contributed by atoms with van der Waals surface area (Å²) in [5.74, 6) is 1.36. The number of nitrogens with one attached hydrogen (secondary N) is 1. The molecule has 0 bridgehead atoms. The summed E-state index contributed by atoms with van der Waals surface area (Å²) in [6, 6.07) is 6.74. The van der Waals surface area contributed by atoms with Crippen LogP contribution in [0.15, 0.2) is 24.3 Å². The number of aliphatic hydroxyl groups is 1. The number of ether oxygens (including phenoxy) is 1. The SMILES string of the molecule is Cc1ccc(F)cc1CNc1cc(C2CCOC2)nc(N2CC(O)C2)n1. The van der Waals surface area contributed by atoms with Crippen LogP contribution in [0.4, 0.5) is 16.2 Å². The molecule has 2 saturated heterocycles. The number of benzene rings is 1. The minimum atomic E-state index is -0.316. The van der Waals surface area contributed by atoms with E-state index >= 15 is 0 Å². The van der Waals surface area contributed by atoms with Gasteiger partial charge in [0.1, 0.15) is 11.6 Å². The zero-order valence-electron chi connectivity index (χ0n) is 14.8. The average molecular weight is 358 g/mol. The molecule has 0 amide bonds. The van der Waals surface area contributed by atoms with E-state index in [0.717, 1.165) is 29.8 Å². The van der Waals surface area contributed by atoms with Crippen LogP contribution in [-0.4, -0.2) is 47.5 Å². The molecule has 3 heterocycles. The van der Waals surface area contributed by atoms with E-state index in [1.165, 1.54) is 6.07 Å². The summed E-state index contributed by atoms with van der Waals surface area (Å²) < 4.78 is 19.0. The van der Waals surface area contributed by atoms with E-state index in [1.54, 1.807) is 12.1 Å². The van der Waals surface area contributed by atoms with Gasteiger partial charge in [0.05, 0.1) is 18.4 Å². The number of nitrogens with zero attached hydrogens (tertiary/aromatic N) is 3. The molecule has 0 saturated carbocycles. The second-order valence-corrected chi connectivity index (χ2v) is 7.02. The van der Waals surface area contributed by atoms with Gasteiger partial charge in [-0.1, -0.05) is 6.07 Å². The summed E-state index contributed by atoms with van der Waals surface area (Å²) >= 11 is 0. The number of β-amino-alcohol motifs (C(OH)–C–C–N with tert-alkyl or cyclic N) is 1. The highest BCUT2D eigenvalue weighted by Gasteiger charge is 2.28. The zero-order valence-corrected chi connectivity index (χ0v) is 14.8. The van der Waals surface area contributed by atoms with Crippen LogP contribution in [0.5, 0.6) is 0 Å². The van der Waals surface area contributed by atoms with Crippen molar-refractivity contribution < 1.29 is 14.2 Å². The zero-order chi connectivity index (χ0) is 18.1. The predicted molar refractivity (Wildman–Crippen MR) is 96.9 cm³/mol. The van der Waals surface area contributed by atoms with Crippen LogP contribution in [0.3, 0.4) is 0 Å². The molecule has 0 spiro atoms. The van der Waals surface area contributed by atoms with Crippen LogP contribution in [-0.2, 0) is 11.3 Å². The van der Waals surface area contributed by atoms with Crippen molar-refractivity contribution in [1.82, 2.24) is 9.97 Å². The monoisotopic (exact) mass is 358 g/mol. The van der Waals surface area contributed by atoms with Crippen molar-refractivity contribution in [2.24, 2.45) is 0 Å². The molecule has 2 N–H and O–H groups in total. The molecular weight excluding hydrogens is 335 g/mol. The second-order valence-electron chi connectivity index (χ2n) is 7.02. The number of aryl methyl sites for hydroxylation is 1. The summed E-state index contributed by atoms with van der Waals surface area (Å²) in [4.78, 5) is 11.2. The molecule has 1 unspecified atom stereocenters. The molecule has 4 rings (SSSR count). The lowest BCUT2D eigenvalue weighted by atomic mass is 10.0. The summed E-state index contributed by atoms with van der Waals surface area (Å²) in [6.45, 7) is 4.97. The number of hydrogen-bond donors (Lipinski definition) is 2. The van der Waals surface area contributed by atoms with E-state index in [0.29, 0.717) is 38.0 Å². The molecule has 26 heavy (non-hydrogen) atoms. The van der Waals surface area contributed by atoms with Crippen molar-refractivity contribution in [1.29, 1.82) is 0 Å². The molecule has 1 aromatic heterocycles. The van der Waals surface area contributed by atoms with Crippen LogP contribution in [0.2, 0.25) is 0 Å². The van der Waals surface area contributed by atoms with E-state index in [2.05, 4.69) is 15.3 Å². The average Bonchev–Trinajstić information content (AvgIpc) is 3.14. The van der Waals surface area contributed by atoms with Gasteiger partial charge in [-0.25, -0.2) is 9.37 Å². The standard InChI is InChI=1S/C19H23FN4O2/c1-12-2-3-15(20)6-14(12)8-21-18-7-17(13-4-5-26-11-13)22-19(23-18)24-9-16(25)10-24/h2-3,6-7,13,16,25H,4-5,8-11H2,1H3,(H,21,22,23). The van der Waals surface area contributed by atoms with E-state index in [1.807, 2.05) is 17.9 Å². The quantitative estimate of drug-likeness (QED) is 0.854. The van der Waals surface area contributed by atoms with Crippen molar-refractivity contribution in [2.45, 2.75) is 31.9 Å². The van der Waals surface area contributed by atoms with Crippen LogP contribution >= 0.6 is 0 Å². The van der Waals surface area contributed by atoms with Crippen molar-refractivity contribution in [3.63, 3.8) is 0 Å². The summed E-state index contributed by atoms with van der Waals surface area (Å²) in [7, 11) is 0. The van der Waals surface area contributed by atoms with Gasteiger partial charge in [-0.05, 0) is 36.6 Å². The number of anilines is 2. The molecule has 0 aliphatic carbocycles. The Bertz CT molecular complexity index is 789. The largest absolute Gasteiger partial charge is 0.389 e. The Morgan fingerprint density at radius 3 is 2.88 bits per heavy atom. The fourth-order valence-electron chi connectivity index (χ4n) is 3.30. The molecule has 6 nitrogen and oxygen atoms in total. The molecule has 138 valence electrons. The van der Waals surface area contributed by atoms with Crippen molar-refractivity contribution in [2.75, 3.05) is 36.5 Å². The number of aromatic nitrogens is 2. The smallest absolute Gasteiger partial charge is 0.227 e. The number of aliphatic hydroxyl groups excluding tert-OH is 1. The van der Waals surface area contributed by atoms with Crippen molar-refractivity contribution in [3.8, 4) is 0 Å². The number of halogens is 1. The van der Waals surface area contributed by atoms with Gasteiger partial charge in [-0.2, -0.15) is 4.98 Å². The fraction of sp³-hybridized carbons (Fsp3) is 0.474. The molecule has 2 aliphatic rings. The highest BCUT2D eigenvalue weighted by atomic mass is 19.1. The fourth-order valence-corrected chi connectivity index (χ4v) is 3.30. The Hall–Kier alpha value is -2.25. The van der Waals surface area contributed by atoms with Gasteiger partial charge in [-0.3, -0.25) is 0 Å². The Balaban J connectivity index is 1.56.